The summed E-state index contributed by atoms with van der Waals surface area (Å²) in [4.78, 5) is 38.8. The number of halogens is 1. The predicted octanol–water partition coefficient (Wildman–Crippen LogP) is 2.72. The second kappa shape index (κ2) is 8.57. The summed E-state index contributed by atoms with van der Waals surface area (Å²) in [5.41, 5.74) is -1.42. The molecule has 2 unspecified atom stereocenters. The molecule has 2 aromatic rings. The molecule has 3 atom stereocenters. The number of ketones is 3. The molecular formula is C25H23FO8. The third kappa shape index (κ3) is 3.43. The first-order chi connectivity index (χ1) is 16.3. The molecule has 5 rings (SSSR count). The Balaban J connectivity index is 1.69. The number of aromatic hydroxyl groups is 2. The van der Waals surface area contributed by atoms with Crippen molar-refractivity contribution in [2.24, 2.45) is 5.92 Å². The highest BCUT2D eigenvalue weighted by molar-refractivity contribution is 6.30. The summed E-state index contributed by atoms with van der Waals surface area (Å²) >= 11 is 0. The highest BCUT2D eigenvalue weighted by atomic mass is 19.1. The minimum atomic E-state index is -0.950. The summed E-state index contributed by atoms with van der Waals surface area (Å²) < 4.78 is 26.2. The molecule has 1 heterocycles. The van der Waals surface area contributed by atoms with Crippen molar-refractivity contribution in [3.63, 3.8) is 0 Å². The lowest BCUT2D eigenvalue weighted by molar-refractivity contribution is -0.195. The molecule has 0 amide bonds. The van der Waals surface area contributed by atoms with Crippen molar-refractivity contribution in [2.45, 2.75) is 44.5 Å². The van der Waals surface area contributed by atoms with E-state index in [1.807, 2.05) is 0 Å². The normalized spacial score (nSPS) is 23.8. The van der Waals surface area contributed by atoms with Gasteiger partial charge in [0.25, 0.3) is 0 Å². The number of aliphatic hydroxyl groups excluding tert-OH is 1. The summed E-state index contributed by atoms with van der Waals surface area (Å²) in [7, 11) is 0. The van der Waals surface area contributed by atoms with Crippen LogP contribution in [-0.2, 0) is 20.7 Å². The fraction of sp³-hybridized carbons (Fsp3) is 0.400. The average Bonchev–Trinajstić information content (AvgIpc) is 2.84. The van der Waals surface area contributed by atoms with Gasteiger partial charge in [-0.3, -0.25) is 14.4 Å². The Kier molecular flexibility index (Phi) is 5.71. The number of fused-ring (bicyclic) bond motifs is 3. The van der Waals surface area contributed by atoms with Crippen LogP contribution in [0, 0.1) is 11.7 Å². The summed E-state index contributed by atoms with van der Waals surface area (Å²) in [6.07, 6.45) is 0.742. The maximum absolute atomic E-state index is 14.5. The molecule has 3 aliphatic rings. The van der Waals surface area contributed by atoms with Gasteiger partial charge in [0.05, 0.1) is 22.8 Å². The number of rotatable bonds is 4. The van der Waals surface area contributed by atoms with Crippen LogP contribution >= 0.6 is 0 Å². The minimum Gasteiger partial charge on any atom is -0.507 e. The monoisotopic (exact) mass is 470 g/mol. The molecule has 2 aromatic carbocycles. The summed E-state index contributed by atoms with van der Waals surface area (Å²) in [6, 6.07) is 3.60. The molecule has 34 heavy (non-hydrogen) atoms. The molecule has 0 aromatic heterocycles. The third-order valence-electron chi connectivity index (χ3n) is 6.87. The Morgan fingerprint density at radius 3 is 2.56 bits per heavy atom. The van der Waals surface area contributed by atoms with Crippen LogP contribution in [0.3, 0.4) is 0 Å². The van der Waals surface area contributed by atoms with Gasteiger partial charge in [-0.1, -0.05) is 12.1 Å². The molecule has 2 aliphatic carbocycles. The fourth-order valence-corrected chi connectivity index (χ4v) is 5.20. The predicted molar refractivity (Wildman–Crippen MR) is 114 cm³/mol. The number of phenolic OH excluding ortho intramolecular Hbond substituents is 2. The van der Waals surface area contributed by atoms with Gasteiger partial charge in [-0.05, 0) is 38.2 Å². The third-order valence-corrected chi connectivity index (χ3v) is 6.87. The number of hydrogen-bond acceptors (Lipinski definition) is 8. The second-order valence-electron chi connectivity index (χ2n) is 8.84. The highest BCUT2D eigenvalue weighted by Crippen LogP contribution is 2.51. The van der Waals surface area contributed by atoms with E-state index >= 15 is 0 Å². The van der Waals surface area contributed by atoms with E-state index in [-0.39, 0.29) is 29.5 Å². The van der Waals surface area contributed by atoms with Gasteiger partial charge in [-0.15, -0.1) is 0 Å². The van der Waals surface area contributed by atoms with Crippen molar-refractivity contribution >= 4 is 17.3 Å². The first-order valence-corrected chi connectivity index (χ1v) is 11.2. The summed E-state index contributed by atoms with van der Waals surface area (Å²) in [5, 5.41) is 31.8. The van der Waals surface area contributed by atoms with Gasteiger partial charge < -0.3 is 24.8 Å². The van der Waals surface area contributed by atoms with Crippen molar-refractivity contribution in [3.8, 4) is 11.5 Å². The number of carbonyl (C=O) groups is 3. The Hall–Kier alpha value is -3.14. The molecular weight excluding hydrogens is 447 g/mol. The second-order valence-corrected chi connectivity index (χ2v) is 8.84. The van der Waals surface area contributed by atoms with E-state index in [0.29, 0.717) is 13.0 Å². The Morgan fingerprint density at radius 2 is 1.85 bits per heavy atom. The van der Waals surface area contributed by atoms with Gasteiger partial charge in [-0.25, -0.2) is 4.39 Å². The zero-order valence-corrected chi connectivity index (χ0v) is 18.2. The first kappa shape index (κ1) is 22.6. The summed E-state index contributed by atoms with van der Waals surface area (Å²) in [6.45, 7) is -0.234. The van der Waals surface area contributed by atoms with Crippen LogP contribution in [0.15, 0.2) is 18.2 Å². The zero-order valence-electron chi connectivity index (χ0n) is 18.2. The van der Waals surface area contributed by atoms with Gasteiger partial charge in [-0.2, -0.15) is 0 Å². The van der Waals surface area contributed by atoms with E-state index in [1.165, 1.54) is 12.1 Å². The van der Waals surface area contributed by atoms with Crippen LogP contribution in [0.25, 0.3) is 0 Å². The average molecular weight is 470 g/mol. The first-order valence-electron chi connectivity index (χ1n) is 11.2. The highest BCUT2D eigenvalue weighted by Gasteiger charge is 2.44. The maximum atomic E-state index is 14.5. The lowest BCUT2D eigenvalue weighted by atomic mass is 9.73. The van der Waals surface area contributed by atoms with E-state index in [2.05, 4.69) is 0 Å². The molecule has 0 bridgehead atoms. The molecule has 178 valence electrons. The van der Waals surface area contributed by atoms with Crippen molar-refractivity contribution in [3.05, 3.63) is 57.4 Å². The summed E-state index contributed by atoms with van der Waals surface area (Å²) in [5.74, 6) is -4.97. The van der Waals surface area contributed by atoms with Crippen LogP contribution in [0.1, 0.15) is 74.8 Å². The lowest BCUT2D eigenvalue weighted by Gasteiger charge is -2.36. The number of benzene rings is 2. The van der Waals surface area contributed by atoms with Crippen LogP contribution in [0.2, 0.25) is 0 Å². The van der Waals surface area contributed by atoms with E-state index in [1.54, 1.807) is 0 Å². The molecule has 0 saturated carbocycles. The van der Waals surface area contributed by atoms with Gasteiger partial charge in [0, 0.05) is 29.2 Å². The van der Waals surface area contributed by atoms with E-state index in [9.17, 15) is 34.1 Å². The number of ether oxygens (including phenoxy) is 2. The Labute approximate surface area is 193 Å². The number of Topliss-reactive ketones (excluding diaryl/α,β-unsaturated/α-hetero) is 1. The Bertz CT molecular complexity index is 1210. The van der Waals surface area contributed by atoms with Crippen LogP contribution in [0.5, 0.6) is 11.5 Å². The molecule has 9 heteroatoms. The van der Waals surface area contributed by atoms with E-state index < -0.39 is 76.3 Å². The van der Waals surface area contributed by atoms with Gasteiger partial charge >= 0.3 is 0 Å². The Morgan fingerprint density at radius 1 is 1.09 bits per heavy atom. The lowest BCUT2D eigenvalue weighted by Crippen LogP contribution is -2.33. The smallest absolute Gasteiger partial charge is 0.201 e. The number of carbonyl (C=O) groups excluding carboxylic acids is 3. The quantitative estimate of drug-likeness (QED) is 0.496. The number of phenols is 2. The molecule has 1 fully saturated rings. The standard InChI is InChI=1S/C25H23FO8/c26-14-5-3-4-12-18(14)24(31)21-20(22(12)29)23(30)13-8-11(15(28)10-27)9-16(19(13)25(21)32)34-17-6-1-2-7-33-17/h3-5,11,16-17,27,30,32H,1-2,6-10H2/t11?,16-,17?/m0/s1. The van der Waals surface area contributed by atoms with Crippen molar-refractivity contribution in [1.82, 2.24) is 0 Å². The van der Waals surface area contributed by atoms with Crippen molar-refractivity contribution < 1.29 is 43.6 Å². The molecule has 1 aliphatic heterocycles. The topological polar surface area (TPSA) is 130 Å². The minimum absolute atomic E-state index is 0.0652. The maximum Gasteiger partial charge on any atom is 0.201 e. The molecule has 3 N–H and O–H groups in total. The van der Waals surface area contributed by atoms with Crippen LogP contribution in [0.4, 0.5) is 4.39 Å². The number of hydrogen-bond donors (Lipinski definition) is 3. The zero-order chi connectivity index (χ0) is 24.1. The van der Waals surface area contributed by atoms with E-state index in [4.69, 9.17) is 9.47 Å². The largest absolute Gasteiger partial charge is 0.507 e. The SMILES string of the molecule is O=C1c2cccc(F)c2C(=O)c2c(O)c3c(c(O)c21)CC(C(=O)CO)C[C@@H]3OC1CCCCO1. The van der Waals surface area contributed by atoms with Gasteiger partial charge in [0.1, 0.15) is 23.9 Å². The van der Waals surface area contributed by atoms with E-state index in [0.717, 1.165) is 18.9 Å². The van der Waals surface area contributed by atoms with Crippen LogP contribution < -0.4 is 0 Å². The molecule has 0 spiro atoms. The van der Waals surface area contributed by atoms with Crippen molar-refractivity contribution in [1.29, 1.82) is 0 Å². The van der Waals surface area contributed by atoms with Gasteiger partial charge in [0.2, 0.25) is 5.78 Å². The van der Waals surface area contributed by atoms with Crippen LogP contribution in [-0.4, -0.2) is 52.2 Å². The molecule has 8 nitrogen and oxygen atoms in total. The molecule has 1 saturated heterocycles. The fourth-order valence-electron chi connectivity index (χ4n) is 5.20. The van der Waals surface area contributed by atoms with Crippen molar-refractivity contribution in [2.75, 3.05) is 13.2 Å². The number of aliphatic hydroxyl groups is 1. The molecule has 0 radical (unpaired) electrons. The van der Waals surface area contributed by atoms with Gasteiger partial charge in [0.15, 0.2) is 17.9 Å².